The first kappa shape index (κ1) is 26.6. The highest BCUT2D eigenvalue weighted by Gasteiger charge is 2.28. The van der Waals surface area contributed by atoms with Crippen molar-refractivity contribution in [2.75, 3.05) is 19.8 Å². The molecule has 198 valence electrons. The normalized spacial score (nSPS) is 15.9. The van der Waals surface area contributed by atoms with Crippen LogP contribution in [-0.4, -0.2) is 61.5 Å². The number of hydrogen-bond donors (Lipinski definition) is 2. The number of Topliss-reactive ketones (excluding diaryl/α,β-unsaturated/α-hetero) is 1. The van der Waals surface area contributed by atoms with Crippen LogP contribution in [0.15, 0.2) is 47.5 Å². The van der Waals surface area contributed by atoms with E-state index >= 15 is 0 Å². The van der Waals surface area contributed by atoms with Crippen molar-refractivity contribution in [3.63, 3.8) is 0 Å². The number of halogens is 2. The molecule has 2 N–H and O–H groups in total. The van der Waals surface area contributed by atoms with Crippen molar-refractivity contribution in [3.05, 3.63) is 70.4 Å². The van der Waals surface area contributed by atoms with Gasteiger partial charge in [0, 0.05) is 25.5 Å². The van der Waals surface area contributed by atoms with E-state index in [2.05, 4.69) is 10.2 Å². The molecule has 1 unspecified atom stereocenters. The third kappa shape index (κ3) is 6.85. The Labute approximate surface area is 211 Å². The summed E-state index contributed by atoms with van der Waals surface area (Å²) in [6.45, 7) is 0.777. The summed E-state index contributed by atoms with van der Waals surface area (Å²) >= 11 is 0. The van der Waals surface area contributed by atoms with Crippen LogP contribution in [0.3, 0.4) is 0 Å². The van der Waals surface area contributed by atoms with E-state index in [1.807, 2.05) is 0 Å². The van der Waals surface area contributed by atoms with Gasteiger partial charge >= 0.3 is 0 Å². The van der Waals surface area contributed by atoms with E-state index < -0.39 is 41.7 Å². The van der Waals surface area contributed by atoms with Gasteiger partial charge in [0.25, 0.3) is 5.56 Å². The van der Waals surface area contributed by atoms with E-state index in [0.29, 0.717) is 25.3 Å². The van der Waals surface area contributed by atoms with Crippen molar-refractivity contribution >= 4 is 5.78 Å². The molecule has 1 aliphatic rings. The average Bonchev–Trinajstić information content (AvgIpc) is 3.32. The van der Waals surface area contributed by atoms with Crippen molar-refractivity contribution in [1.82, 2.24) is 19.6 Å². The highest BCUT2D eigenvalue weighted by atomic mass is 19.1. The van der Waals surface area contributed by atoms with E-state index in [-0.39, 0.29) is 30.4 Å². The van der Waals surface area contributed by atoms with E-state index in [0.717, 1.165) is 41.9 Å². The number of nitrogens with zero attached hydrogens (tertiary/aromatic N) is 4. The van der Waals surface area contributed by atoms with E-state index in [9.17, 15) is 23.5 Å². The zero-order valence-corrected chi connectivity index (χ0v) is 20.0. The molecule has 3 heterocycles. The van der Waals surface area contributed by atoms with Crippen LogP contribution < -0.4 is 10.3 Å². The van der Waals surface area contributed by atoms with Crippen molar-refractivity contribution in [1.29, 1.82) is 0 Å². The molecule has 0 spiro atoms. The summed E-state index contributed by atoms with van der Waals surface area (Å²) in [5.74, 6) is -2.83. The van der Waals surface area contributed by atoms with E-state index in [1.54, 1.807) is 12.3 Å². The van der Waals surface area contributed by atoms with Gasteiger partial charge in [0.15, 0.2) is 28.9 Å². The third-order valence-electron chi connectivity index (χ3n) is 6.16. The molecule has 12 heteroatoms. The van der Waals surface area contributed by atoms with Gasteiger partial charge in [0.1, 0.15) is 6.04 Å². The van der Waals surface area contributed by atoms with E-state index in [4.69, 9.17) is 14.6 Å². The van der Waals surface area contributed by atoms with Crippen LogP contribution in [0.5, 0.6) is 11.5 Å². The fourth-order valence-electron chi connectivity index (χ4n) is 4.22. The van der Waals surface area contributed by atoms with Gasteiger partial charge in [-0.05, 0) is 43.4 Å². The second-order valence-electron chi connectivity index (χ2n) is 8.94. The SMILES string of the molecule is O=C(Cc1ccn(C[C@@H](O)CO)n1)C(CC1CCOCC1)n1ncc(Oc2c(F)cccc2F)cc1=O. The lowest BCUT2D eigenvalue weighted by Gasteiger charge is -2.26. The highest BCUT2D eigenvalue weighted by molar-refractivity contribution is 5.84. The highest BCUT2D eigenvalue weighted by Crippen LogP contribution is 2.28. The predicted octanol–water partition coefficient (Wildman–Crippen LogP) is 2.03. The molecule has 3 aromatic rings. The number of benzene rings is 1. The van der Waals surface area contributed by atoms with Crippen molar-refractivity contribution < 1.29 is 33.3 Å². The molecule has 1 aromatic carbocycles. The number of aromatic nitrogens is 4. The fourth-order valence-corrected chi connectivity index (χ4v) is 4.22. The second kappa shape index (κ2) is 12.2. The lowest BCUT2D eigenvalue weighted by molar-refractivity contribution is -0.122. The third-order valence-corrected chi connectivity index (χ3v) is 6.16. The summed E-state index contributed by atoms with van der Waals surface area (Å²) in [7, 11) is 0. The average molecular weight is 519 g/mol. The Balaban J connectivity index is 1.56. The Morgan fingerprint density at radius 3 is 2.62 bits per heavy atom. The van der Waals surface area contributed by atoms with Crippen LogP contribution >= 0.6 is 0 Å². The predicted molar refractivity (Wildman–Crippen MR) is 126 cm³/mol. The molecule has 0 radical (unpaired) electrons. The first-order valence-electron chi connectivity index (χ1n) is 12.0. The molecule has 4 rings (SSSR count). The molecule has 1 aliphatic heterocycles. The van der Waals surface area contributed by atoms with Gasteiger partial charge in [-0.1, -0.05) is 6.07 Å². The van der Waals surface area contributed by atoms with Crippen LogP contribution in [0.25, 0.3) is 0 Å². The molecule has 10 nitrogen and oxygen atoms in total. The largest absolute Gasteiger partial charge is 0.449 e. The number of hydrogen-bond acceptors (Lipinski definition) is 8. The molecule has 0 saturated carbocycles. The Morgan fingerprint density at radius 2 is 1.95 bits per heavy atom. The van der Waals surface area contributed by atoms with Crippen molar-refractivity contribution in [3.8, 4) is 11.5 Å². The topological polar surface area (TPSA) is 129 Å². The fraction of sp³-hybridized carbons (Fsp3) is 0.440. The summed E-state index contributed by atoms with van der Waals surface area (Å²) in [5, 5.41) is 27.0. The Hall–Kier alpha value is -3.48. The number of carbonyl (C=O) groups is 1. The van der Waals surface area contributed by atoms with Crippen molar-refractivity contribution in [2.24, 2.45) is 5.92 Å². The number of carbonyl (C=O) groups excluding carboxylic acids is 1. The van der Waals surface area contributed by atoms with Gasteiger partial charge in [-0.2, -0.15) is 10.2 Å². The summed E-state index contributed by atoms with van der Waals surface area (Å²) in [6, 6.07) is 5.02. The lowest BCUT2D eigenvalue weighted by atomic mass is 9.90. The van der Waals surface area contributed by atoms with Crippen LogP contribution in [0, 0.1) is 17.6 Å². The molecule has 2 atom stereocenters. The quantitative estimate of drug-likeness (QED) is 0.395. The monoisotopic (exact) mass is 518 g/mol. The Bertz CT molecular complexity index is 1250. The Kier molecular flexibility index (Phi) is 8.74. The number of ketones is 1. The second-order valence-corrected chi connectivity index (χ2v) is 8.94. The van der Waals surface area contributed by atoms with Crippen LogP contribution in [0.4, 0.5) is 8.78 Å². The molecule has 1 saturated heterocycles. The zero-order chi connectivity index (χ0) is 26.4. The van der Waals surface area contributed by atoms with Crippen LogP contribution in [-0.2, 0) is 22.5 Å². The lowest BCUT2D eigenvalue weighted by Crippen LogP contribution is -2.34. The van der Waals surface area contributed by atoms with Crippen LogP contribution in [0.1, 0.15) is 31.0 Å². The van der Waals surface area contributed by atoms with Crippen molar-refractivity contribution in [2.45, 2.75) is 44.4 Å². The minimum Gasteiger partial charge on any atom is -0.449 e. The van der Waals surface area contributed by atoms with Crippen LogP contribution in [0.2, 0.25) is 0 Å². The first-order valence-corrected chi connectivity index (χ1v) is 12.0. The molecular formula is C25H28F2N4O6. The zero-order valence-electron chi connectivity index (χ0n) is 20.0. The minimum atomic E-state index is -0.980. The maximum absolute atomic E-state index is 14.0. The van der Waals surface area contributed by atoms with Gasteiger partial charge in [-0.3, -0.25) is 14.3 Å². The molecule has 37 heavy (non-hydrogen) atoms. The van der Waals surface area contributed by atoms with E-state index in [1.165, 1.54) is 10.7 Å². The number of aliphatic hydroxyl groups excluding tert-OH is 2. The molecule has 2 aromatic heterocycles. The number of aliphatic hydroxyl groups is 2. The van der Waals surface area contributed by atoms with Gasteiger partial charge < -0.3 is 19.7 Å². The summed E-state index contributed by atoms with van der Waals surface area (Å²) < 4.78 is 41.0. The molecule has 0 amide bonds. The molecule has 0 aliphatic carbocycles. The first-order chi connectivity index (χ1) is 17.8. The maximum atomic E-state index is 14.0. The molecule has 1 fully saturated rings. The number of rotatable bonds is 11. The van der Waals surface area contributed by atoms with Gasteiger partial charge in [-0.15, -0.1) is 0 Å². The number of ether oxygens (including phenoxy) is 2. The Morgan fingerprint density at radius 1 is 1.22 bits per heavy atom. The smallest absolute Gasteiger partial charge is 0.271 e. The maximum Gasteiger partial charge on any atom is 0.271 e. The number of para-hydroxylation sites is 1. The minimum absolute atomic E-state index is 0.0707. The summed E-state index contributed by atoms with van der Waals surface area (Å²) in [6.07, 6.45) is 3.51. The molecular weight excluding hydrogens is 490 g/mol. The van der Waals surface area contributed by atoms with Gasteiger partial charge in [0.05, 0.1) is 37.6 Å². The van der Waals surface area contributed by atoms with Gasteiger partial charge in [0.2, 0.25) is 0 Å². The summed E-state index contributed by atoms with van der Waals surface area (Å²) in [5.41, 5.74) is -0.216. The molecule has 0 bridgehead atoms. The standard InChI is InChI=1S/C25H28F2N4O6/c26-20-2-1-3-21(27)25(20)37-19-12-24(35)31(28-13-19)22(10-16-5-8-36-9-6-16)23(34)11-17-4-7-30(29-17)14-18(33)15-32/h1-4,7,12-13,16,18,22,32-33H,5-6,8-11,14-15H2/t18-,22?/m1/s1. The summed E-state index contributed by atoms with van der Waals surface area (Å²) in [4.78, 5) is 26.4. The van der Waals surface area contributed by atoms with Gasteiger partial charge in [-0.25, -0.2) is 13.5 Å².